The summed E-state index contributed by atoms with van der Waals surface area (Å²) in [7, 11) is -3.75. The Morgan fingerprint density at radius 1 is 1.07 bits per heavy atom. The van der Waals surface area contributed by atoms with Gasteiger partial charge < -0.3 is 4.52 Å². The van der Waals surface area contributed by atoms with E-state index in [-0.39, 0.29) is 10.9 Å². The lowest BCUT2D eigenvalue weighted by atomic mass is 9.89. The summed E-state index contributed by atoms with van der Waals surface area (Å²) in [6, 6.07) is 15.7. The molecule has 140 valence electrons. The quantitative estimate of drug-likeness (QED) is 0.688. The van der Waals surface area contributed by atoms with E-state index in [1.807, 2.05) is 36.4 Å². The third-order valence-electron chi connectivity index (χ3n) is 5.13. The van der Waals surface area contributed by atoms with Crippen LogP contribution in [0, 0.1) is 20.8 Å². The highest BCUT2D eigenvalue weighted by atomic mass is 32.2. The summed E-state index contributed by atoms with van der Waals surface area (Å²) in [6.07, 6.45) is 0.683. The molecule has 0 amide bonds. The van der Waals surface area contributed by atoms with Crippen LogP contribution in [0.2, 0.25) is 0 Å². The standard InChI is InChI=1S/C21H22N2O3S/c1-14-9-10-19-18(13-14)11-12-23(20(19)17-7-5-4-6-8-17)27(24,25)21-15(2)22-26-16(21)3/h4-10,13,20H,11-12H2,1-3H3. The molecule has 1 unspecified atom stereocenters. The Morgan fingerprint density at radius 3 is 2.48 bits per heavy atom. The number of rotatable bonds is 3. The molecule has 0 bridgehead atoms. The summed E-state index contributed by atoms with van der Waals surface area (Å²) in [5.74, 6) is 0.328. The molecule has 4 rings (SSSR count). The van der Waals surface area contributed by atoms with E-state index in [0.717, 1.165) is 11.1 Å². The first-order valence-corrected chi connectivity index (χ1v) is 10.4. The van der Waals surface area contributed by atoms with Gasteiger partial charge in [0.1, 0.15) is 10.6 Å². The highest BCUT2D eigenvalue weighted by Gasteiger charge is 2.40. The second-order valence-electron chi connectivity index (χ2n) is 7.03. The first-order chi connectivity index (χ1) is 12.9. The highest BCUT2D eigenvalue weighted by Crippen LogP contribution is 2.39. The van der Waals surface area contributed by atoms with Gasteiger partial charge in [0.05, 0.1) is 6.04 Å². The summed E-state index contributed by atoms with van der Waals surface area (Å²) in [5, 5.41) is 3.85. The van der Waals surface area contributed by atoms with Gasteiger partial charge in [0.2, 0.25) is 10.0 Å². The molecule has 0 fully saturated rings. The van der Waals surface area contributed by atoms with Crippen LogP contribution in [0.1, 0.15) is 39.7 Å². The topological polar surface area (TPSA) is 63.4 Å². The van der Waals surface area contributed by atoms with Crippen molar-refractivity contribution in [3.8, 4) is 0 Å². The molecule has 0 saturated heterocycles. The SMILES string of the molecule is Cc1ccc2c(c1)CCN(S(=O)(=O)c1c(C)noc1C)C2c1ccccc1. The summed E-state index contributed by atoms with van der Waals surface area (Å²) >= 11 is 0. The molecule has 2 heterocycles. The predicted octanol–water partition coefficient (Wildman–Crippen LogP) is 3.94. The van der Waals surface area contributed by atoms with Crippen molar-refractivity contribution in [2.75, 3.05) is 6.54 Å². The van der Waals surface area contributed by atoms with Crippen molar-refractivity contribution in [2.45, 2.75) is 38.1 Å². The smallest absolute Gasteiger partial charge is 0.249 e. The molecule has 27 heavy (non-hydrogen) atoms. The number of nitrogens with zero attached hydrogens (tertiary/aromatic N) is 2. The minimum atomic E-state index is -3.75. The zero-order valence-electron chi connectivity index (χ0n) is 15.6. The summed E-state index contributed by atoms with van der Waals surface area (Å²) in [4.78, 5) is 0.180. The average Bonchev–Trinajstić information content (AvgIpc) is 3.00. The van der Waals surface area contributed by atoms with Gasteiger partial charge in [0.25, 0.3) is 0 Å². The van der Waals surface area contributed by atoms with Gasteiger partial charge in [0, 0.05) is 6.54 Å². The van der Waals surface area contributed by atoms with E-state index >= 15 is 0 Å². The first-order valence-electron chi connectivity index (χ1n) is 8.98. The molecule has 0 saturated carbocycles. The van der Waals surface area contributed by atoms with Crippen LogP contribution in [0.5, 0.6) is 0 Å². The van der Waals surface area contributed by atoms with Gasteiger partial charge in [-0.1, -0.05) is 59.3 Å². The normalized spacial score (nSPS) is 17.7. The molecule has 2 aromatic carbocycles. The van der Waals surface area contributed by atoms with E-state index in [1.165, 1.54) is 11.1 Å². The van der Waals surface area contributed by atoms with Crippen LogP contribution in [-0.2, 0) is 16.4 Å². The van der Waals surface area contributed by atoms with E-state index in [2.05, 4.69) is 24.2 Å². The third-order valence-corrected chi connectivity index (χ3v) is 7.24. The van der Waals surface area contributed by atoms with Gasteiger partial charge in [-0.2, -0.15) is 4.31 Å². The van der Waals surface area contributed by atoms with Gasteiger partial charge in [0.15, 0.2) is 5.76 Å². The molecule has 1 aliphatic rings. The predicted molar refractivity (Wildman–Crippen MR) is 103 cm³/mol. The maximum absolute atomic E-state index is 13.6. The molecule has 1 aliphatic heterocycles. The number of fused-ring (bicyclic) bond motifs is 1. The van der Waals surface area contributed by atoms with Crippen molar-refractivity contribution >= 4 is 10.0 Å². The fraction of sp³-hybridized carbons (Fsp3) is 0.286. The number of hydrogen-bond acceptors (Lipinski definition) is 4. The molecule has 3 aromatic rings. The number of sulfonamides is 1. The lowest BCUT2D eigenvalue weighted by Gasteiger charge is -2.36. The van der Waals surface area contributed by atoms with Gasteiger partial charge in [-0.05, 0) is 43.9 Å². The van der Waals surface area contributed by atoms with Gasteiger partial charge in [-0.3, -0.25) is 0 Å². The number of aromatic nitrogens is 1. The van der Waals surface area contributed by atoms with Crippen LogP contribution in [-0.4, -0.2) is 24.4 Å². The van der Waals surface area contributed by atoms with Crippen LogP contribution in [0.15, 0.2) is 57.9 Å². The number of aryl methyl sites for hydroxylation is 3. The monoisotopic (exact) mass is 382 g/mol. The highest BCUT2D eigenvalue weighted by molar-refractivity contribution is 7.89. The van der Waals surface area contributed by atoms with Gasteiger partial charge >= 0.3 is 0 Å². The van der Waals surface area contributed by atoms with Crippen LogP contribution >= 0.6 is 0 Å². The third kappa shape index (κ3) is 2.99. The Bertz CT molecular complexity index is 1070. The molecule has 6 heteroatoms. The molecule has 1 atom stereocenters. The van der Waals surface area contributed by atoms with Crippen molar-refractivity contribution in [1.82, 2.24) is 9.46 Å². The van der Waals surface area contributed by atoms with Crippen LogP contribution in [0.4, 0.5) is 0 Å². The Kier molecular flexibility index (Phi) is 4.40. The molecular weight excluding hydrogens is 360 g/mol. The Hall–Kier alpha value is -2.44. The summed E-state index contributed by atoms with van der Waals surface area (Å²) < 4.78 is 33.9. The molecule has 0 aliphatic carbocycles. The summed E-state index contributed by atoms with van der Waals surface area (Å²) in [5.41, 5.74) is 4.77. The minimum absolute atomic E-state index is 0.180. The Balaban J connectivity index is 1.91. The van der Waals surface area contributed by atoms with E-state index in [1.54, 1.807) is 18.2 Å². The van der Waals surface area contributed by atoms with E-state index < -0.39 is 10.0 Å². The fourth-order valence-corrected chi connectivity index (χ4v) is 5.82. The first kappa shape index (κ1) is 17.9. The van der Waals surface area contributed by atoms with E-state index in [0.29, 0.717) is 24.4 Å². The van der Waals surface area contributed by atoms with Crippen molar-refractivity contribution in [3.63, 3.8) is 0 Å². The lowest BCUT2D eigenvalue weighted by Crippen LogP contribution is -2.40. The molecule has 0 radical (unpaired) electrons. The van der Waals surface area contributed by atoms with E-state index in [4.69, 9.17) is 4.52 Å². The Morgan fingerprint density at radius 2 is 1.81 bits per heavy atom. The second kappa shape index (κ2) is 6.62. The molecule has 5 nitrogen and oxygen atoms in total. The van der Waals surface area contributed by atoms with Crippen LogP contribution < -0.4 is 0 Å². The zero-order chi connectivity index (χ0) is 19.2. The van der Waals surface area contributed by atoms with Crippen molar-refractivity contribution in [1.29, 1.82) is 0 Å². The fourth-order valence-electron chi connectivity index (χ4n) is 3.93. The Labute approximate surface area is 159 Å². The molecular formula is C21H22N2O3S. The zero-order valence-corrected chi connectivity index (χ0v) is 16.5. The van der Waals surface area contributed by atoms with Crippen molar-refractivity contribution in [3.05, 3.63) is 82.2 Å². The second-order valence-corrected chi connectivity index (χ2v) is 8.86. The maximum Gasteiger partial charge on any atom is 0.249 e. The lowest BCUT2D eigenvalue weighted by molar-refractivity contribution is 0.342. The molecule has 1 aromatic heterocycles. The van der Waals surface area contributed by atoms with Gasteiger partial charge in [-0.25, -0.2) is 8.42 Å². The largest absolute Gasteiger partial charge is 0.360 e. The minimum Gasteiger partial charge on any atom is -0.360 e. The van der Waals surface area contributed by atoms with E-state index in [9.17, 15) is 8.42 Å². The number of hydrogen-bond donors (Lipinski definition) is 0. The summed E-state index contributed by atoms with van der Waals surface area (Å²) in [6.45, 7) is 5.79. The van der Waals surface area contributed by atoms with Crippen LogP contribution in [0.3, 0.4) is 0 Å². The van der Waals surface area contributed by atoms with Crippen LogP contribution in [0.25, 0.3) is 0 Å². The average molecular weight is 382 g/mol. The molecule has 0 spiro atoms. The van der Waals surface area contributed by atoms with Gasteiger partial charge in [-0.15, -0.1) is 0 Å². The number of benzene rings is 2. The molecule has 0 N–H and O–H groups in total. The van der Waals surface area contributed by atoms with Crippen molar-refractivity contribution < 1.29 is 12.9 Å². The maximum atomic E-state index is 13.6. The van der Waals surface area contributed by atoms with Crippen molar-refractivity contribution in [2.24, 2.45) is 0 Å².